The van der Waals surface area contributed by atoms with Gasteiger partial charge in [-0.3, -0.25) is 9.59 Å². The molecular formula is C15H13F3O2S. The Balaban J connectivity index is 2.07. The predicted molar refractivity (Wildman–Crippen MR) is 74.3 cm³/mol. The number of halogens is 3. The second-order valence-electron chi connectivity index (χ2n) is 4.65. The lowest BCUT2D eigenvalue weighted by molar-refractivity contribution is -0.117. The predicted octanol–water partition coefficient (Wildman–Crippen LogP) is 4.49. The summed E-state index contributed by atoms with van der Waals surface area (Å²) in [4.78, 5) is 24.3. The minimum atomic E-state index is -4.49. The molecule has 1 heterocycles. The number of allylic oxidation sites excluding steroid dienone is 4. The van der Waals surface area contributed by atoms with E-state index in [0.29, 0.717) is 4.88 Å². The van der Waals surface area contributed by atoms with E-state index in [4.69, 9.17) is 0 Å². The first-order valence-corrected chi connectivity index (χ1v) is 7.34. The van der Waals surface area contributed by atoms with Gasteiger partial charge in [0.2, 0.25) is 0 Å². The number of carbonyl (C=O) groups is 2. The molecule has 0 aliphatic heterocycles. The van der Waals surface area contributed by atoms with Crippen molar-refractivity contribution in [2.45, 2.75) is 31.9 Å². The van der Waals surface area contributed by atoms with Crippen LogP contribution in [0.1, 0.15) is 35.4 Å². The first kappa shape index (κ1) is 15.7. The molecule has 0 spiro atoms. The van der Waals surface area contributed by atoms with E-state index in [0.717, 1.165) is 0 Å². The Bertz CT molecular complexity index is 595. The van der Waals surface area contributed by atoms with Gasteiger partial charge >= 0.3 is 6.18 Å². The summed E-state index contributed by atoms with van der Waals surface area (Å²) in [6.45, 7) is 0. The molecule has 1 aromatic rings. The Morgan fingerprint density at radius 3 is 2.52 bits per heavy atom. The first-order chi connectivity index (χ1) is 9.89. The summed E-state index contributed by atoms with van der Waals surface area (Å²) < 4.78 is 38.6. The summed E-state index contributed by atoms with van der Waals surface area (Å²) in [5.41, 5.74) is -1.08. The molecule has 0 aromatic carbocycles. The molecule has 0 saturated carbocycles. The van der Waals surface area contributed by atoms with E-state index in [2.05, 4.69) is 0 Å². The van der Waals surface area contributed by atoms with Crippen LogP contribution in [0.3, 0.4) is 0 Å². The number of rotatable bonds is 5. The van der Waals surface area contributed by atoms with Crippen LogP contribution in [0, 0.1) is 0 Å². The molecule has 0 bridgehead atoms. The molecule has 0 saturated heterocycles. The number of ketones is 2. The maximum absolute atomic E-state index is 12.9. The first-order valence-electron chi connectivity index (χ1n) is 6.46. The number of hydrogen-bond donors (Lipinski definition) is 0. The molecular weight excluding hydrogens is 301 g/mol. The molecule has 0 unspecified atom stereocenters. The Morgan fingerprint density at radius 1 is 1.19 bits per heavy atom. The van der Waals surface area contributed by atoms with Crippen LogP contribution >= 0.6 is 11.3 Å². The monoisotopic (exact) mass is 314 g/mol. The van der Waals surface area contributed by atoms with E-state index in [1.165, 1.54) is 17.4 Å². The van der Waals surface area contributed by atoms with Crippen LogP contribution in [0.2, 0.25) is 0 Å². The van der Waals surface area contributed by atoms with Gasteiger partial charge in [-0.05, 0) is 24.3 Å². The van der Waals surface area contributed by atoms with Crippen LogP contribution in [-0.4, -0.2) is 17.7 Å². The Kier molecular flexibility index (Phi) is 4.77. The highest BCUT2D eigenvalue weighted by atomic mass is 32.1. The van der Waals surface area contributed by atoms with Gasteiger partial charge < -0.3 is 0 Å². The highest BCUT2D eigenvalue weighted by Crippen LogP contribution is 2.35. The molecule has 21 heavy (non-hydrogen) atoms. The normalized spacial score (nSPS) is 15.4. The molecule has 0 amide bonds. The lowest BCUT2D eigenvalue weighted by atomic mass is 9.92. The molecule has 112 valence electrons. The summed E-state index contributed by atoms with van der Waals surface area (Å²) in [7, 11) is 0. The third-order valence-corrected chi connectivity index (χ3v) is 4.10. The Labute approximate surface area is 124 Å². The van der Waals surface area contributed by atoms with Gasteiger partial charge in [0.25, 0.3) is 0 Å². The molecule has 6 heteroatoms. The zero-order valence-corrected chi connectivity index (χ0v) is 11.9. The Morgan fingerprint density at radius 2 is 1.90 bits per heavy atom. The largest absolute Gasteiger partial charge is 0.413 e. The molecule has 1 aromatic heterocycles. The van der Waals surface area contributed by atoms with Gasteiger partial charge in [-0.1, -0.05) is 18.2 Å². The van der Waals surface area contributed by atoms with Gasteiger partial charge in [0, 0.05) is 24.0 Å². The fourth-order valence-electron chi connectivity index (χ4n) is 2.14. The van der Waals surface area contributed by atoms with Crippen LogP contribution in [0.15, 0.2) is 40.8 Å². The average molecular weight is 314 g/mol. The van der Waals surface area contributed by atoms with Crippen molar-refractivity contribution >= 4 is 22.9 Å². The van der Waals surface area contributed by atoms with Crippen LogP contribution in [0.4, 0.5) is 13.2 Å². The minimum Gasteiger partial charge on any atom is -0.294 e. The van der Waals surface area contributed by atoms with Gasteiger partial charge in [-0.2, -0.15) is 13.2 Å². The number of thiophene rings is 1. The summed E-state index contributed by atoms with van der Waals surface area (Å²) in [5.74, 6) is -0.838. The third kappa shape index (κ3) is 3.91. The van der Waals surface area contributed by atoms with Gasteiger partial charge in [0.1, 0.15) is 0 Å². The van der Waals surface area contributed by atoms with Gasteiger partial charge in [-0.15, -0.1) is 11.3 Å². The molecule has 2 rings (SSSR count). The van der Waals surface area contributed by atoms with Crippen molar-refractivity contribution in [1.82, 2.24) is 0 Å². The van der Waals surface area contributed by atoms with Crippen LogP contribution in [0.25, 0.3) is 0 Å². The van der Waals surface area contributed by atoms with E-state index in [9.17, 15) is 22.8 Å². The van der Waals surface area contributed by atoms with E-state index in [-0.39, 0.29) is 37.0 Å². The summed E-state index contributed by atoms with van der Waals surface area (Å²) >= 11 is 1.26. The van der Waals surface area contributed by atoms with E-state index in [1.807, 2.05) is 0 Å². The maximum atomic E-state index is 12.9. The standard InChI is InChI=1S/C15H13F3O2S/c16-15(17,18)11-5-2-1-4-10(11)12(19)7-8-13(20)14-6-3-9-21-14/h1,3-4,6,9H,2,5,7-8H2. The van der Waals surface area contributed by atoms with Crippen LogP contribution in [0.5, 0.6) is 0 Å². The van der Waals surface area contributed by atoms with Crippen molar-refractivity contribution in [3.63, 3.8) is 0 Å². The molecule has 2 nitrogen and oxygen atoms in total. The second-order valence-corrected chi connectivity index (χ2v) is 5.60. The number of hydrogen-bond acceptors (Lipinski definition) is 3. The number of Topliss-reactive ketones (excluding diaryl/α,β-unsaturated/α-hetero) is 2. The van der Waals surface area contributed by atoms with Crippen LogP contribution < -0.4 is 0 Å². The number of alkyl halides is 3. The van der Waals surface area contributed by atoms with Crippen molar-refractivity contribution in [3.05, 3.63) is 45.7 Å². The SMILES string of the molecule is O=C(CCC(=O)c1cccs1)C1=C(C(F)(F)F)CCC=C1. The maximum Gasteiger partial charge on any atom is 0.413 e. The topological polar surface area (TPSA) is 34.1 Å². The molecule has 1 aliphatic carbocycles. The second kappa shape index (κ2) is 6.39. The molecule has 0 atom stereocenters. The molecule has 0 N–H and O–H groups in total. The fourth-order valence-corrected chi connectivity index (χ4v) is 2.84. The number of carbonyl (C=O) groups excluding carboxylic acids is 2. The summed E-state index contributed by atoms with van der Waals surface area (Å²) in [6, 6.07) is 3.35. The van der Waals surface area contributed by atoms with Crippen molar-refractivity contribution < 1.29 is 22.8 Å². The van der Waals surface area contributed by atoms with E-state index in [1.54, 1.807) is 23.6 Å². The van der Waals surface area contributed by atoms with Gasteiger partial charge in [0.05, 0.1) is 4.88 Å². The lowest BCUT2D eigenvalue weighted by Crippen LogP contribution is -2.19. The molecule has 1 aliphatic rings. The van der Waals surface area contributed by atoms with Crippen LogP contribution in [-0.2, 0) is 4.79 Å². The van der Waals surface area contributed by atoms with Crippen molar-refractivity contribution in [2.24, 2.45) is 0 Å². The zero-order valence-electron chi connectivity index (χ0n) is 11.1. The minimum absolute atomic E-state index is 0.0676. The highest BCUT2D eigenvalue weighted by molar-refractivity contribution is 7.12. The zero-order chi connectivity index (χ0) is 15.5. The van der Waals surface area contributed by atoms with Crippen molar-refractivity contribution in [1.29, 1.82) is 0 Å². The molecule has 0 fully saturated rings. The van der Waals surface area contributed by atoms with E-state index < -0.39 is 17.5 Å². The Hall–Kier alpha value is -1.69. The smallest absolute Gasteiger partial charge is 0.294 e. The van der Waals surface area contributed by atoms with Crippen molar-refractivity contribution in [3.8, 4) is 0 Å². The summed E-state index contributed by atoms with van der Waals surface area (Å²) in [5, 5.41) is 1.74. The fraction of sp³-hybridized carbons (Fsp3) is 0.333. The molecule has 0 radical (unpaired) electrons. The van der Waals surface area contributed by atoms with Gasteiger partial charge in [-0.25, -0.2) is 0 Å². The lowest BCUT2D eigenvalue weighted by Gasteiger charge is -2.17. The van der Waals surface area contributed by atoms with E-state index >= 15 is 0 Å². The third-order valence-electron chi connectivity index (χ3n) is 3.19. The highest BCUT2D eigenvalue weighted by Gasteiger charge is 2.37. The van der Waals surface area contributed by atoms with Gasteiger partial charge in [0.15, 0.2) is 11.6 Å². The van der Waals surface area contributed by atoms with Crippen molar-refractivity contribution in [2.75, 3.05) is 0 Å². The average Bonchev–Trinajstić information content (AvgIpc) is 2.97. The quantitative estimate of drug-likeness (QED) is 0.750. The summed E-state index contributed by atoms with van der Waals surface area (Å²) in [6.07, 6.45) is -1.88.